The third kappa shape index (κ3) is 4.67. The lowest BCUT2D eigenvalue weighted by Crippen LogP contribution is -2.40. The number of likely N-dealkylation sites (tertiary alicyclic amines) is 1. The van der Waals surface area contributed by atoms with Gasteiger partial charge in [-0.3, -0.25) is 9.58 Å². The lowest BCUT2D eigenvalue weighted by atomic mass is 10.2. The summed E-state index contributed by atoms with van der Waals surface area (Å²) in [6.07, 6.45) is 7.42. The summed E-state index contributed by atoms with van der Waals surface area (Å²) in [5.74, 6) is 0.783. The Balaban J connectivity index is 1.42. The van der Waals surface area contributed by atoms with Gasteiger partial charge in [-0.15, -0.1) is 0 Å². The van der Waals surface area contributed by atoms with E-state index in [0.29, 0.717) is 25.8 Å². The molecule has 1 saturated heterocycles. The molecule has 1 aliphatic rings. The van der Waals surface area contributed by atoms with Crippen LogP contribution >= 0.6 is 0 Å². The Morgan fingerprint density at radius 2 is 2.43 bits per heavy atom. The summed E-state index contributed by atoms with van der Waals surface area (Å²) in [4.78, 5) is 2.35. The van der Waals surface area contributed by atoms with Crippen LogP contribution in [0.4, 0.5) is 0 Å². The van der Waals surface area contributed by atoms with Crippen LogP contribution in [0.3, 0.4) is 0 Å². The molecule has 0 radical (unpaired) electrons. The minimum Gasteiger partial charge on any atom is -0.467 e. The van der Waals surface area contributed by atoms with Crippen molar-refractivity contribution in [1.82, 2.24) is 14.7 Å². The number of rotatable bonds is 8. The molecule has 1 fully saturated rings. The van der Waals surface area contributed by atoms with E-state index in [9.17, 15) is 5.11 Å². The summed E-state index contributed by atoms with van der Waals surface area (Å²) < 4.78 is 12.7. The maximum absolute atomic E-state index is 10.2. The molecule has 126 valence electrons. The van der Waals surface area contributed by atoms with Gasteiger partial charge in [-0.25, -0.2) is 0 Å². The molecule has 2 aromatic rings. The highest BCUT2D eigenvalue weighted by Gasteiger charge is 2.26. The third-order valence-electron chi connectivity index (χ3n) is 4.24. The van der Waals surface area contributed by atoms with E-state index in [1.807, 2.05) is 23.0 Å². The zero-order chi connectivity index (χ0) is 16.1. The summed E-state index contributed by atoms with van der Waals surface area (Å²) in [6.45, 7) is 5.33. The molecule has 3 heterocycles. The van der Waals surface area contributed by atoms with Crippen LogP contribution in [0, 0.1) is 6.92 Å². The molecule has 2 atom stereocenters. The van der Waals surface area contributed by atoms with Crippen molar-refractivity contribution < 1.29 is 14.3 Å². The summed E-state index contributed by atoms with van der Waals surface area (Å²) in [6, 6.07) is 4.14. The van der Waals surface area contributed by atoms with Crippen molar-refractivity contribution in [2.75, 3.05) is 19.7 Å². The van der Waals surface area contributed by atoms with Crippen LogP contribution in [-0.4, -0.2) is 51.6 Å². The van der Waals surface area contributed by atoms with E-state index in [0.717, 1.165) is 25.3 Å². The van der Waals surface area contributed by atoms with E-state index < -0.39 is 6.10 Å². The number of aromatic nitrogens is 2. The average molecular weight is 319 g/mol. The number of β-amino-alcohol motifs (C(OH)–C–C–N with tert-alkyl or cyclic N) is 1. The lowest BCUT2D eigenvalue weighted by molar-refractivity contribution is 0.00213. The number of hydrogen-bond acceptors (Lipinski definition) is 5. The fourth-order valence-electron chi connectivity index (χ4n) is 3.14. The largest absolute Gasteiger partial charge is 0.467 e. The summed E-state index contributed by atoms with van der Waals surface area (Å²) in [5, 5.41) is 14.6. The molecule has 1 N–H and O–H groups in total. The lowest BCUT2D eigenvalue weighted by Gasteiger charge is -2.26. The minimum atomic E-state index is -0.482. The van der Waals surface area contributed by atoms with Crippen LogP contribution in [0.2, 0.25) is 0 Å². The van der Waals surface area contributed by atoms with Crippen LogP contribution in [0.1, 0.15) is 24.2 Å². The predicted octanol–water partition coefficient (Wildman–Crippen LogP) is 1.83. The van der Waals surface area contributed by atoms with Gasteiger partial charge in [-0.1, -0.05) is 0 Å². The Kier molecular flexibility index (Phi) is 5.48. The van der Waals surface area contributed by atoms with Crippen molar-refractivity contribution in [2.45, 2.75) is 45.1 Å². The summed E-state index contributed by atoms with van der Waals surface area (Å²) >= 11 is 0. The minimum absolute atomic E-state index is 0.324. The SMILES string of the molecule is Cc1cnn(C[C@H]2CCCN2C[C@H](O)COCc2ccco2)c1. The highest BCUT2D eigenvalue weighted by Crippen LogP contribution is 2.19. The smallest absolute Gasteiger partial charge is 0.129 e. The Hall–Kier alpha value is -1.63. The molecule has 23 heavy (non-hydrogen) atoms. The second-order valence-electron chi connectivity index (χ2n) is 6.28. The monoisotopic (exact) mass is 319 g/mol. The molecule has 3 rings (SSSR count). The fourth-order valence-corrected chi connectivity index (χ4v) is 3.14. The average Bonchev–Trinajstić information content (AvgIpc) is 3.24. The van der Waals surface area contributed by atoms with E-state index in [2.05, 4.69) is 23.1 Å². The molecule has 0 aromatic carbocycles. The van der Waals surface area contributed by atoms with Crippen LogP contribution in [0.15, 0.2) is 35.2 Å². The highest BCUT2D eigenvalue weighted by molar-refractivity contribution is 5.00. The number of aryl methyl sites for hydroxylation is 1. The van der Waals surface area contributed by atoms with Crippen LogP contribution in [0.5, 0.6) is 0 Å². The van der Waals surface area contributed by atoms with E-state index in [1.165, 1.54) is 12.0 Å². The zero-order valence-corrected chi connectivity index (χ0v) is 13.6. The topological polar surface area (TPSA) is 63.7 Å². The standard InChI is InChI=1S/C17H25N3O3/c1-14-8-18-20(9-14)10-15-4-2-6-19(15)11-16(21)12-22-13-17-5-3-7-23-17/h3,5,7-9,15-16,21H,2,4,6,10-13H2,1H3/t15-,16+/m1/s1. The van der Waals surface area contributed by atoms with E-state index in [1.54, 1.807) is 6.26 Å². The van der Waals surface area contributed by atoms with Gasteiger partial charge in [0, 0.05) is 18.8 Å². The quantitative estimate of drug-likeness (QED) is 0.804. The highest BCUT2D eigenvalue weighted by atomic mass is 16.5. The second-order valence-corrected chi connectivity index (χ2v) is 6.28. The maximum Gasteiger partial charge on any atom is 0.129 e. The second kappa shape index (κ2) is 7.77. The number of nitrogens with zero attached hydrogens (tertiary/aromatic N) is 3. The maximum atomic E-state index is 10.2. The number of aliphatic hydroxyl groups excluding tert-OH is 1. The van der Waals surface area contributed by atoms with Gasteiger partial charge < -0.3 is 14.3 Å². The van der Waals surface area contributed by atoms with E-state index in [4.69, 9.17) is 9.15 Å². The van der Waals surface area contributed by atoms with Gasteiger partial charge in [0.15, 0.2) is 0 Å². The molecule has 1 aliphatic heterocycles. The molecule has 6 heteroatoms. The number of ether oxygens (including phenoxy) is 1. The molecular weight excluding hydrogens is 294 g/mol. The number of hydrogen-bond donors (Lipinski definition) is 1. The van der Waals surface area contributed by atoms with Gasteiger partial charge >= 0.3 is 0 Å². The summed E-state index contributed by atoms with van der Waals surface area (Å²) in [7, 11) is 0. The van der Waals surface area contributed by atoms with Crippen molar-refractivity contribution in [3.05, 3.63) is 42.1 Å². The molecule has 0 saturated carbocycles. The van der Waals surface area contributed by atoms with Crippen LogP contribution < -0.4 is 0 Å². The summed E-state index contributed by atoms with van der Waals surface area (Å²) in [5.41, 5.74) is 1.18. The van der Waals surface area contributed by atoms with Gasteiger partial charge in [-0.05, 0) is 44.0 Å². The molecule has 0 unspecified atom stereocenters. The van der Waals surface area contributed by atoms with E-state index >= 15 is 0 Å². The van der Waals surface area contributed by atoms with Crippen LogP contribution in [0.25, 0.3) is 0 Å². The normalized spacial score (nSPS) is 20.2. The van der Waals surface area contributed by atoms with E-state index in [-0.39, 0.29) is 0 Å². The fraction of sp³-hybridized carbons (Fsp3) is 0.588. The molecular formula is C17H25N3O3. The van der Waals surface area contributed by atoms with Crippen molar-refractivity contribution >= 4 is 0 Å². The van der Waals surface area contributed by atoms with Crippen molar-refractivity contribution in [2.24, 2.45) is 0 Å². The molecule has 0 bridgehead atoms. The molecule has 2 aromatic heterocycles. The van der Waals surface area contributed by atoms with Crippen LogP contribution in [-0.2, 0) is 17.9 Å². The Bertz CT molecular complexity index is 582. The molecule has 0 aliphatic carbocycles. The molecule has 6 nitrogen and oxygen atoms in total. The van der Waals surface area contributed by atoms with Gasteiger partial charge in [0.25, 0.3) is 0 Å². The Morgan fingerprint density at radius 1 is 1.52 bits per heavy atom. The predicted molar refractivity (Wildman–Crippen MR) is 85.9 cm³/mol. The zero-order valence-electron chi connectivity index (χ0n) is 13.6. The van der Waals surface area contributed by atoms with Gasteiger partial charge in [0.2, 0.25) is 0 Å². The van der Waals surface area contributed by atoms with Crippen molar-refractivity contribution in [3.8, 4) is 0 Å². The number of aliphatic hydroxyl groups is 1. The molecule has 0 spiro atoms. The van der Waals surface area contributed by atoms with Gasteiger partial charge in [-0.2, -0.15) is 5.10 Å². The molecule has 0 amide bonds. The Labute approximate surface area is 136 Å². The third-order valence-corrected chi connectivity index (χ3v) is 4.24. The first-order valence-corrected chi connectivity index (χ1v) is 8.22. The first kappa shape index (κ1) is 16.2. The van der Waals surface area contributed by atoms with Gasteiger partial charge in [0.1, 0.15) is 12.4 Å². The first-order chi connectivity index (χ1) is 11.2. The first-order valence-electron chi connectivity index (χ1n) is 8.22. The number of furan rings is 1. The van der Waals surface area contributed by atoms with Crippen molar-refractivity contribution in [1.29, 1.82) is 0 Å². The van der Waals surface area contributed by atoms with Gasteiger partial charge in [0.05, 0.1) is 31.7 Å². The Morgan fingerprint density at radius 3 is 3.17 bits per heavy atom. The van der Waals surface area contributed by atoms with Crippen molar-refractivity contribution in [3.63, 3.8) is 0 Å².